The highest BCUT2D eigenvalue weighted by Gasteiger charge is 2.31. The highest BCUT2D eigenvalue weighted by atomic mass is 31.2. The quantitative estimate of drug-likeness (QED) is 0.470. The topological polar surface area (TPSA) is 101 Å². The van der Waals surface area contributed by atoms with Gasteiger partial charge in [-0.3, -0.25) is 19.2 Å². The molecule has 1 atom stereocenters. The molecule has 1 aliphatic heterocycles. The van der Waals surface area contributed by atoms with Gasteiger partial charge in [-0.2, -0.15) is 0 Å². The fraction of sp³-hybridized carbons (Fsp3) is 0.375. The number of carboxylic acid groups (broad SMARTS) is 1. The standard InChI is InChI=1S/C24H31N2O5P/c27-24(28)23-19-25(14-8-18-32(29,30)31)16-17-26(23)15-7-13-22(20-9-3-1-4-10-20)21-11-5-2-6-12-21/h1-6,9-13,23H,7-8,14-19H2,(H,27,28)(H2,29,30,31). The average Bonchev–Trinajstić information content (AvgIpc) is 2.77. The summed E-state index contributed by atoms with van der Waals surface area (Å²) in [7, 11) is -4.01. The first-order chi connectivity index (χ1) is 15.3. The minimum absolute atomic E-state index is 0.169. The molecule has 2 aromatic rings. The number of carboxylic acids is 1. The predicted octanol–water partition coefficient (Wildman–Crippen LogP) is 3.15. The first-order valence-electron chi connectivity index (χ1n) is 10.9. The van der Waals surface area contributed by atoms with E-state index in [4.69, 9.17) is 9.79 Å². The number of carbonyl (C=O) groups is 1. The molecule has 2 aromatic carbocycles. The maximum atomic E-state index is 11.9. The van der Waals surface area contributed by atoms with Crippen LogP contribution in [0.3, 0.4) is 0 Å². The SMILES string of the molecule is O=C(O)C1CN(CCCP(=O)(O)O)CCN1CCC=C(c1ccccc1)c1ccccc1. The lowest BCUT2D eigenvalue weighted by Crippen LogP contribution is -2.56. The third kappa shape index (κ3) is 7.40. The van der Waals surface area contributed by atoms with E-state index >= 15 is 0 Å². The maximum Gasteiger partial charge on any atom is 0.325 e. The predicted molar refractivity (Wildman–Crippen MR) is 126 cm³/mol. The van der Waals surface area contributed by atoms with Crippen LogP contribution in [0.4, 0.5) is 0 Å². The Bertz CT molecular complexity index is 904. The summed E-state index contributed by atoms with van der Waals surface area (Å²) in [4.78, 5) is 33.9. The van der Waals surface area contributed by atoms with Gasteiger partial charge >= 0.3 is 13.6 Å². The highest BCUT2D eigenvalue weighted by Crippen LogP contribution is 2.34. The second-order valence-electron chi connectivity index (χ2n) is 8.07. The third-order valence-electron chi connectivity index (χ3n) is 5.72. The zero-order valence-corrected chi connectivity index (χ0v) is 19.0. The van der Waals surface area contributed by atoms with Crippen LogP contribution in [-0.2, 0) is 9.36 Å². The minimum Gasteiger partial charge on any atom is -0.480 e. The number of hydrogen-bond acceptors (Lipinski definition) is 4. The lowest BCUT2D eigenvalue weighted by atomic mass is 9.97. The fourth-order valence-electron chi connectivity index (χ4n) is 4.09. The van der Waals surface area contributed by atoms with Crippen LogP contribution in [0.1, 0.15) is 24.0 Å². The average molecular weight is 458 g/mol. The first-order valence-corrected chi connectivity index (χ1v) is 12.7. The van der Waals surface area contributed by atoms with Gasteiger partial charge in [0.15, 0.2) is 0 Å². The number of piperazine rings is 1. The van der Waals surface area contributed by atoms with Crippen LogP contribution in [0.2, 0.25) is 0 Å². The van der Waals surface area contributed by atoms with Gasteiger partial charge in [0.25, 0.3) is 0 Å². The van der Waals surface area contributed by atoms with Crippen LogP contribution in [0.15, 0.2) is 66.7 Å². The number of benzene rings is 2. The number of hydrogen-bond donors (Lipinski definition) is 3. The van der Waals surface area contributed by atoms with Gasteiger partial charge in [0.1, 0.15) is 6.04 Å². The molecule has 8 heteroatoms. The van der Waals surface area contributed by atoms with E-state index in [2.05, 4.69) is 30.3 Å². The van der Waals surface area contributed by atoms with Crippen molar-refractivity contribution < 1.29 is 24.3 Å². The van der Waals surface area contributed by atoms with Crippen molar-refractivity contribution in [2.24, 2.45) is 0 Å². The van der Waals surface area contributed by atoms with Crippen molar-refractivity contribution in [1.82, 2.24) is 9.80 Å². The summed E-state index contributed by atoms with van der Waals surface area (Å²) in [5, 5.41) is 9.74. The van der Waals surface area contributed by atoms with Crippen LogP contribution >= 0.6 is 7.60 Å². The Kier molecular flexibility index (Phi) is 8.79. The normalized spacial score (nSPS) is 17.8. The lowest BCUT2D eigenvalue weighted by Gasteiger charge is -2.39. The molecule has 0 saturated carbocycles. The molecule has 172 valence electrons. The van der Waals surface area contributed by atoms with Crippen LogP contribution < -0.4 is 0 Å². The minimum atomic E-state index is -4.01. The molecular weight excluding hydrogens is 427 g/mol. The summed E-state index contributed by atoms with van der Waals surface area (Å²) >= 11 is 0. The molecule has 1 unspecified atom stereocenters. The smallest absolute Gasteiger partial charge is 0.325 e. The zero-order chi connectivity index (χ0) is 23.0. The van der Waals surface area contributed by atoms with Crippen molar-refractivity contribution in [2.45, 2.75) is 18.9 Å². The molecule has 1 saturated heterocycles. The van der Waals surface area contributed by atoms with E-state index in [1.165, 1.54) is 0 Å². The molecule has 0 aliphatic carbocycles. The van der Waals surface area contributed by atoms with Crippen molar-refractivity contribution >= 4 is 19.1 Å². The summed E-state index contributed by atoms with van der Waals surface area (Å²) in [6.07, 6.45) is 3.09. The van der Waals surface area contributed by atoms with Gasteiger partial charge in [-0.25, -0.2) is 0 Å². The van der Waals surface area contributed by atoms with E-state index in [-0.39, 0.29) is 6.16 Å². The number of rotatable bonds is 10. The summed E-state index contributed by atoms with van der Waals surface area (Å²) < 4.78 is 11.0. The van der Waals surface area contributed by atoms with E-state index in [1.54, 1.807) is 0 Å². The maximum absolute atomic E-state index is 11.9. The van der Waals surface area contributed by atoms with Gasteiger partial charge in [-0.1, -0.05) is 66.7 Å². The molecule has 0 aromatic heterocycles. The molecule has 0 radical (unpaired) electrons. The lowest BCUT2D eigenvalue weighted by molar-refractivity contribution is -0.145. The molecule has 32 heavy (non-hydrogen) atoms. The first kappa shape index (κ1) is 24.4. The second kappa shape index (κ2) is 11.5. The van der Waals surface area contributed by atoms with Gasteiger partial charge in [0.05, 0.1) is 6.16 Å². The van der Waals surface area contributed by atoms with E-state index in [0.717, 1.165) is 23.1 Å². The third-order valence-corrected chi connectivity index (χ3v) is 6.62. The molecule has 3 rings (SSSR count). The van der Waals surface area contributed by atoms with Gasteiger partial charge in [0.2, 0.25) is 0 Å². The summed E-state index contributed by atoms with van der Waals surface area (Å²) in [5.74, 6) is -0.861. The van der Waals surface area contributed by atoms with Crippen molar-refractivity contribution in [3.05, 3.63) is 77.9 Å². The number of aliphatic carboxylic acids is 1. The number of nitrogens with zero attached hydrogens (tertiary/aromatic N) is 2. The van der Waals surface area contributed by atoms with Crippen LogP contribution in [-0.4, -0.2) is 75.6 Å². The summed E-state index contributed by atoms with van der Waals surface area (Å²) in [6.45, 7) is 2.81. The fourth-order valence-corrected chi connectivity index (χ4v) is 4.65. The van der Waals surface area contributed by atoms with Gasteiger partial charge in [0, 0.05) is 26.2 Å². The molecule has 1 heterocycles. The largest absolute Gasteiger partial charge is 0.480 e. The Hall–Kier alpha value is -2.28. The van der Waals surface area contributed by atoms with Crippen LogP contribution in [0.25, 0.3) is 5.57 Å². The zero-order valence-electron chi connectivity index (χ0n) is 18.1. The van der Waals surface area contributed by atoms with E-state index in [1.807, 2.05) is 46.2 Å². The molecule has 7 nitrogen and oxygen atoms in total. The summed E-state index contributed by atoms with van der Waals surface area (Å²) in [5.41, 5.74) is 3.39. The summed E-state index contributed by atoms with van der Waals surface area (Å²) in [6, 6.07) is 19.7. The van der Waals surface area contributed by atoms with Gasteiger partial charge in [-0.05, 0) is 36.1 Å². The van der Waals surface area contributed by atoms with Crippen molar-refractivity contribution in [3.63, 3.8) is 0 Å². The van der Waals surface area contributed by atoms with Crippen molar-refractivity contribution in [1.29, 1.82) is 0 Å². The van der Waals surface area contributed by atoms with Crippen LogP contribution in [0.5, 0.6) is 0 Å². The van der Waals surface area contributed by atoms with Crippen molar-refractivity contribution in [2.75, 3.05) is 38.9 Å². The Balaban J connectivity index is 1.63. The molecule has 1 fully saturated rings. The molecule has 3 N–H and O–H groups in total. The Morgan fingerprint density at radius 2 is 1.56 bits per heavy atom. The van der Waals surface area contributed by atoms with E-state index < -0.39 is 19.6 Å². The highest BCUT2D eigenvalue weighted by molar-refractivity contribution is 7.51. The van der Waals surface area contributed by atoms with E-state index in [9.17, 15) is 14.5 Å². The Morgan fingerprint density at radius 1 is 0.969 bits per heavy atom. The van der Waals surface area contributed by atoms with Gasteiger partial charge in [-0.15, -0.1) is 0 Å². The molecule has 0 spiro atoms. The Morgan fingerprint density at radius 3 is 2.09 bits per heavy atom. The molecule has 0 bridgehead atoms. The van der Waals surface area contributed by atoms with Crippen molar-refractivity contribution in [3.8, 4) is 0 Å². The molecular formula is C24H31N2O5P. The second-order valence-corrected chi connectivity index (χ2v) is 9.85. The van der Waals surface area contributed by atoms with E-state index in [0.29, 0.717) is 39.1 Å². The van der Waals surface area contributed by atoms with Gasteiger partial charge < -0.3 is 14.9 Å². The monoisotopic (exact) mass is 458 g/mol. The Labute approximate surface area is 189 Å². The molecule has 0 amide bonds. The molecule has 1 aliphatic rings. The van der Waals surface area contributed by atoms with Crippen LogP contribution in [0, 0.1) is 0 Å².